The largest absolute Gasteiger partial charge is 0.507 e. The number of aliphatic hydroxyl groups is 2. The number of amides is 2. The monoisotopic (exact) mass is 441 g/mol. The Morgan fingerprint density at radius 1 is 1.22 bits per heavy atom. The minimum atomic E-state index is -0.789. The van der Waals surface area contributed by atoms with Crippen molar-refractivity contribution in [1.29, 1.82) is 0 Å². The van der Waals surface area contributed by atoms with E-state index in [-0.39, 0.29) is 24.2 Å². The van der Waals surface area contributed by atoms with Crippen molar-refractivity contribution in [2.75, 3.05) is 13.7 Å². The molecule has 1 aromatic carbocycles. The Bertz CT molecular complexity index is 919. The number of imide groups is 1. The summed E-state index contributed by atoms with van der Waals surface area (Å²) in [6.45, 7) is 3.83. The number of phenols is 1. The predicted octanol–water partition coefficient (Wildman–Crippen LogP) is 3.67. The van der Waals surface area contributed by atoms with E-state index in [1.807, 2.05) is 25.1 Å². The second kappa shape index (κ2) is 10.5. The van der Waals surface area contributed by atoms with Crippen LogP contribution < -0.4 is 0 Å². The van der Waals surface area contributed by atoms with E-state index in [4.69, 9.17) is 0 Å². The Kier molecular flexibility index (Phi) is 7.91. The molecule has 0 bridgehead atoms. The highest BCUT2D eigenvalue weighted by atomic mass is 16.3. The smallest absolute Gasteiger partial charge is 0.233 e. The molecule has 4 atom stereocenters. The first-order chi connectivity index (χ1) is 15.3. The summed E-state index contributed by atoms with van der Waals surface area (Å²) >= 11 is 0. The van der Waals surface area contributed by atoms with Gasteiger partial charge in [0.15, 0.2) is 0 Å². The SMILES string of the molecule is CCCC1=C([C@H](O)CC/C(=C/c2ccccc2O)CC)[C@H](CO)[C@@H]2C(=O)N(C)C(=O)[C@@H]2C1. The lowest BCUT2D eigenvalue weighted by Gasteiger charge is -2.36. The van der Waals surface area contributed by atoms with Crippen LogP contribution in [-0.2, 0) is 9.59 Å². The zero-order valence-electron chi connectivity index (χ0n) is 19.3. The molecule has 0 saturated carbocycles. The van der Waals surface area contributed by atoms with Gasteiger partial charge in [0, 0.05) is 18.5 Å². The number of benzene rings is 1. The van der Waals surface area contributed by atoms with Gasteiger partial charge in [-0.25, -0.2) is 0 Å². The number of aliphatic hydroxyl groups excluding tert-OH is 2. The number of phenolic OH excluding ortho intramolecular Hbond substituents is 1. The van der Waals surface area contributed by atoms with Crippen molar-refractivity contribution < 1.29 is 24.9 Å². The van der Waals surface area contributed by atoms with Crippen LogP contribution in [0.25, 0.3) is 6.08 Å². The van der Waals surface area contributed by atoms with Crippen LogP contribution in [-0.4, -0.2) is 51.8 Å². The molecule has 2 aliphatic rings. The number of carbonyl (C=O) groups excluding carboxylic acids is 2. The van der Waals surface area contributed by atoms with Gasteiger partial charge in [0.05, 0.1) is 24.5 Å². The van der Waals surface area contributed by atoms with Crippen LogP contribution in [0.3, 0.4) is 0 Å². The lowest BCUT2D eigenvalue weighted by Crippen LogP contribution is -2.39. The van der Waals surface area contributed by atoms with Gasteiger partial charge in [-0.1, -0.05) is 55.7 Å². The Hall–Kier alpha value is -2.44. The third kappa shape index (κ3) is 4.66. The molecule has 0 aromatic heterocycles. The molecule has 3 rings (SSSR count). The van der Waals surface area contributed by atoms with Crippen LogP contribution in [0.2, 0.25) is 0 Å². The molecule has 1 aromatic rings. The summed E-state index contributed by atoms with van der Waals surface area (Å²) in [4.78, 5) is 26.5. The van der Waals surface area contributed by atoms with Crippen LogP contribution >= 0.6 is 0 Å². The van der Waals surface area contributed by atoms with Crippen molar-refractivity contribution in [1.82, 2.24) is 4.90 Å². The Morgan fingerprint density at radius 3 is 2.56 bits per heavy atom. The highest BCUT2D eigenvalue weighted by Gasteiger charge is 2.53. The third-order valence-corrected chi connectivity index (χ3v) is 7.00. The molecule has 6 nitrogen and oxygen atoms in total. The molecule has 1 aliphatic heterocycles. The fourth-order valence-electron chi connectivity index (χ4n) is 5.31. The topological polar surface area (TPSA) is 98.1 Å². The lowest BCUT2D eigenvalue weighted by molar-refractivity contribution is -0.138. The zero-order valence-corrected chi connectivity index (χ0v) is 19.3. The summed E-state index contributed by atoms with van der Waals surface area (Å²) in [5.74, 6) is -1.77. The molecule has 32 heavy (non-hydrogen) atoms. The Morgan fingerprint density at radius 2 is 1.94 bits per heavy atom. The first-order valence-corrected chi connectivity index (χ1v) is 11.6. The molecule has 0 radical (unpaired) electrons. The summed E-state index contributed by atoms with van der Waals surface area (Å²) < 4.78 is 0. The molecular weight excluding hydrogens is 406 g/mol. The molecule has 6 heteroatoms. The van der Waals surface area contributed by atoms with E-state index in [0.717, 1.165) is 41.5 Å². The van der Waals surface area contributed by atoms with Crippen LogP contribution in [0.15, 0.2) is 41.0 Å². The number of nitrogens with zero attached hydrogens (tertiary/aromatic N) is 1. The van der Waals surface area contributed by atoms with E-state index >= 15 is 0 Å². The summed E-state index contributed by atoms with van der Waals surface area (Å²) in [7, 11) is 1.50. The average molecular weight is 442 g/mol. The molecule has 1 heterocycles. The van der Waals surface area contributed by atoms with Crippen LogP contribution in [0.4, 0.5) is 0 Å². The van der Waals surface area contributed by atoms with Gasteiger partial charge in [0.2, 0.25) is 11.8 Å². The molecular formula is C26H35NO5. The van der Waals surface area contributed by atoms with E-state index in [1.54, 1.807) is 12.1 Å². The van der Waals surface area contributed by atoms with Crippen molar-refractivity contribution in [3.63, 3.8) is 0 Å². The van der Waals surface area contributed by atoms with E-state index in [9.17, 15) is 24.9 Å². The third-order valence-electron chi connectivity index (χ3n) is 7.00. The van der Waals surface area contributed by atoms with Crippen LogP contribution in [0, 0.1) is 17.8 Å². The summed E-state index contributed by atoms with van der Waals surface area (Å²) in [6, 6.07) is 7.15. The number of hydrogen-bond donors (Lipinski definition) is 3. The molecule has 3 N–H and O–H groups in total. The fourth-order valence-corrected chi connectivity index (χ4v) is 5.31. The van der Waals surface area contributed by atoms with Crippen molar-refractivity contribution in [3.05, 3.63) is 46.5 Å². The van der Waals surface area contributed by atoms with Crippen molar-refractivity contribution in [2.24, 2.45) is 17.8 Å². The number of likely N-dealkylation sites (tertiary alicyclic amines) is 1. The van der Waals surface area contributed by atoms with Gasteiger partial charge in [-0.2, -0.15) is 0 Å². The first kappa shape index (κ1) is 24.2. The van der Waals surface area contributed by atoms with Gasteiger partial charge >= 0.3 is 0 Å². The zero-order chi connectivity index (χ0) is 23.4. The molecule has 1 fully saturated rings. The highest BCUT2D eigenvalue weighted by Crippen LogP contribution is 2.46. The summed E-state index contributed by atoms with van der Waals surface area (Å²) in [5, 5.41) is 31.5. The Balaban J connectivity index is 1.85. The van der Waals surface area contributed by atoms with E-state index in [1.165, 1.54) is 11.9 Å². The quantitative estimate of drug-likeness (QED) is 0.401. The second-order valence-corrected chi connectivity index (χ2v) is 8.94. The maximum atomic E-state index is 12.8. The summed E-state index contributed by atoms with van der Waals surface area (Å²) in [5.41, 5.74) is 3.62. The molecule has 1 aliphatic carbocycles. The number of hydrogen-bond acceptors (Lipinski definition) is 5. The number of rotatable bonds is 9. The molecule has 1 saturated heterocycles. The maximum Gasteiger partial charge on any atom is 0.233 e. The molecule has 2 amide bonds. The molecule has 0 spiro atoms. The van der Waals surface area contributed by atoms with E-state index in [0.29, 0.717) is 19.3 Å². The minimum absolute atomic E-state index is 0.181. The number of fused-ring (bicyclic) bond motifs is 1. The summed E-state index contributed by atoms with van der Waals surface area (Å²) in [6.07, 6.45) is 5.13. The van der Waals surface area contributed by atoms with Crippen LogP contribution in [0.5, 0.6) is 5.75 Å². The van der Waals surface area contributed by atoms with Gasteiger partial charge < -0.3 is 15.3 Å². The fraction of sp³-hybridized carbons (Fsp3) is 0.538. The van der Waals surface area contributed by atoms with Gasteiger partial charge in [0.25, 0.3) is 0 Å². The number of aromatic hydroxyl groups is 1. The van der Waals surface area contributed by atoms with Crippen molar-refractivity contribution in [2.45, 2.75) is 58.5 Å². The van der Waals surface area contributed by atoms with Crippen molar-refractivity contribution >= 4 is 17.9 Å². The van der Waals surface area contributed by atoms with E-state index < -0.39 is 23.9 Å². The molecule has 0 unspecified atom stereocenters. The Labute approximate surface area is 190 Å². The van der Waals surface area contributed by atoms with Gasteiger partial charge in [0.1, 0.15) is 5.75 Å². The maximum absolute atomic E-state index is 12.8. The minimum Gasteiger partial charge on any atom is -0.507 e. The number of allylic oxidation sites excluding steroid dienone is 2. The van der Waals surface area contributed by atoms with E-state index in [2.05, 4.69) is 6.92 Å². The highest BCUT2D eigenvalue weighted by molar-refractivity contribution is 6.05. The standard InChI is InChI=1S/C26H35NO5/c1-4-8-18-14-19-24(26(32)27(3)25(19)31)20(15-28)23(18)22(30)12-11-16(5-2)13-17-9-6-7-10-21(17)29/h6-7,9-10,13,19-20,22,24,28-30H,4-5,8,11-12,14-15H2,1-3H3/b16-13+/t19-,20+,22-,24-/m1/s1. The molecule has 174 valence electrons. The van der Waals surface area contributed by atoms with Crippen LogP contribution in [0.1, 0.15) is 57.9 Å². The normalized spacial score (nSPS) is 24.8. The van der Waals surface area contributed by atoms with Gasteiger partial charge in [-0.05, 0) is 43.7 Å². The first-order valence-electron chi connectivity index (χ1n) is 11.6. The lowest BCUT2D eigenvalue weighted by atomic mass is 9.67. The number of carbonyl (C=O) groups is 2. The average Bonchev–Trinajstić information content (AvgIpc) is 3.00. The number of para-hydroxylation sites is 1. The van der Waals surface area contributed by atoms with Gasteiger partial charge in [-0.15, -0.1) is 0 Å². The van der Waals surface area contributed by atoms with Crippen molar-refractivity contribution in [3.8, 4) is 5.75 Å². The van der Waals surface area contributed by atoms with Gasteiger partial charge in [-0.3, -0.25) is 14.5 Å². The predicted molar refractivity (Wildman–Crippen MR) is 123 cm³/mol. The second-order valence-electron chi connectivity index (χ2n) is 8.94.